The molecule has 2 nitrogen and oxygen atoms in total. The third-order valence-corrected chi connectivity index (χ3v) is 3.93. The van der Waals surface area contributed by atoms with Crippen LogP contribution in [0.15, 0.2) is 0 Å². The van der Waals surface area contributed by atoms with E-state index in [4.69, 9.17) is 0 Å². The minimum Gasteiger partial charge on any atom is -0.393 e. The van der Waals surface area contributed by atoms with Gasteiger partial charge in [-0.15, -0.1) is 0 Å². The molecule has 0 atom stereocenters. The molecule has 90 valence electrons. The molecular weight excluding hydrogens is 301 g/mol. The SMILES string of the molecule is OC1CCN(CCCCCCCI)CC1. The Kier molecular flexibility index (Phi) is 8.01. The van der Waals surface area contributed by atoms with Crippen LogP contribution >= 0.6 is 22.6 Å². The van der Waals surface area contributed by atoms with Crippen LogP contribution < -0.4 is 0 Å². The molecular formula is C12H24INO. The topological polar surface area (TPSA) is 23.5 Å². The van der Waals surface area contributed by atoms with Crippen molar-refractivity contribution in [3.8, 4) is 0 Å². The van der Waals surface area contributed by atoms with Crippen molar-refractivity contribution < 1.29 is 5.11 Å². The fraction of sp³-hybridized carbons (Fsp3) is 1.00. The van der Waals surface area contributed by atoms with Gasteiger partial charge < -0.3 is 10.0 Å². The Bertz CT molecular complexity index is 147. The first kappa shape index (κ1) is 13.7. The smallest absolute Gasteiger partial charge is 0.0564 e. The summed E-state index contributed by atoms with van der Waals surface area (Å²) in [6, 6.07) is 0. The van der Waals surface area contributed by atoms with Gasteiger partial charge in [-0.25, -0.2) is 0 Å². The lowest BCUT2D eigenvalue weighted by molar-refractivity contribution is 0.0817. The van der Waals surface area contributed by atoms with Crippen LogP contribution in [0.4, 0.5) is 0 Å². The predicted octanol–water partition coefficient (Wildman–Crippen LogP) is 2.83. The number of aliphatic hydroxyl groups excluding tert-OH is 1. The quantitative estimate of drug-likeness (QED) is 0.442. The van der Waals surface area contributed by atoms with Crippen LogP contribution in [0.3, 0.4) is 0 Å². The van der Waals surface area contributed by atoms with E-state index in [2.05, 4.69) is 27.5 Å². The third-order valence-electron chi connectivity index (χ3n) is 3.17. The molecule has 15 heavy (non-hydrogen) atoms. The Hall–Kier alpha value is 0.650. The summed E-state index contributed by atoms with van der Waals surface area (Å²) < 4.78 is 1.31. The summed E-state index contributed by atoms with van der Waals surface area (Å²) in [7, 11) is 0. The first-order chi connectivity index (χ1) is 7.33. The number of hydrogen-bond acceptors (Lipinski definition) is 2. The fourth-order valence-electron chi connectivity index (χ4n) is 2.10. The molecule has 1 rings (SSSR count). The molecule has 1 N–H and O–H groups in total. The first-order valence-corrected chi connectivity index (χ1v) is 7.82. The van der Waals surface area contributed by atoms with Crippen molar-refractivity contribution in [2.24, 2.45) is 0 Å². The Balaban J connectivity index is 1.87. The monoisotopic (exact) mass is 325 g/mol. The van der Waals surface area contributed by atoms with Gasteiger partial charge in [-0.1, -0.05) is 41.9 Å². The zero-order valence-corrected chi connectivity index (χ0v) is 11.8. The number of piperidine rings is 1. The second-order valence-corrected chi connectivity index (χ2v) is 5.61. The molecule has 0 spiro atoms. The van der Waals surface area contributed by atoms with Crippen LogP contribution in [0.25, 0.3) is 0 Å². The highest BCUT2D eigenvalue weighted by Gasteiger charge is 2.15. The van der Waals surface area contributed by atoms with E-state index in [0.29, 0.717) is 0 Å². The summed E-state index contributed by atoms with van der Waals surface area (Å²) in [6.45, 7) is 3.46. The van der Waals surface area contributed by atoms with E-state index in [-0.39, 0.29) is 6.10 Å². The van der Waals surface area contributed by atoms with Crippen LogP contribution in [-0.4, -0.2) is 40.2 Å². The maximum absolute atomic E-state index is 9.37. The standard InChI is InChI=1S/C12H24INO/c13-8-4-2-1-3-5-9-14-10-6-12(15)7-11-14/h12,15H,1-11H2. The molecule has 3 heteroatoms. The highest BCUT2D eigenvalue weighted by Crippen LogP contribution is 2.11. The molecule has 0 amide bonds. The van der Waals surface area contributed by atoms with E-state index in [0.717, 1.165) is 25.9 Å². The van der Waals surface area contributed by atoms with Crippen molar-refractivity contribution in [2.75, 3.05) is 24.1 Å². The van der Waals surface area contributed by atoms with Gasteiger partial charge in [-0.2, -0.15) is 0 Å². The molecule has 1 saturated heterocycles. The van der Waals surface area contributed by atoms with Crippen LogP contribution in [0.5, 0.6) is 0 Å². The Morgan fingerprint density at radius 3 is 2.27 bits per heavy atom. The molecule has 0 aliphatic carbocycles. The lowest BCUT2D eigenvalue weighted by Gasteiger charge is -2.29. The molecule has 0 radical (unpaired) electrons. The lowest BCUT2D eigenvalue weighted by Crippen LogP contribution is -2.36. The van der Waals surface area contributed by atoms with E-state index in [9.17, 15) is 5.11 Å². The number of rotatable bonds is 7. The number of alkyl halides is 1. The number of nitrogens with zero attached hydrogens (tertiary/aromatic N) is 1. The highest BCUT2D eigenvalue weighted by molar-refractivity contribution is 14.1. The molecule has 0 unspecified atom stereocenters. The van der Waals surface area contributed by atoms with Crippen molar-refractivity contribution in [2.45, 2.75) is 51.0 Å². The number of aliphatic hydroxyl groups is 1. The van der Waals surface area contributed by atoms with Crippen LogP contribution in [0, 0.1) is 0 Å². The minimum atomic E-state index is -0.0232. The van der Waals surface area contributed by atoms with E-state index < -0.39 is 0 Å². The van der Waals surface area contributed by atoms with E-state index >= 15 is 0 Å². The molecule has 0 aromatic carbocycles. The Labute approximate surface area is 108 Å². The first-order valence-electron chi connectivity index (χ1n) is 6.29. The van der Waals surface area contributed by atoms with Gasteiger partial charge in [0, 0.05) is 13.1 Å². The van der Waals surface area contributed by atoms with Crippen LogP contribution in [0.1, 0.15) is 44.9 Å². The average molecular weight is 325 g/mol. The highest BCUT2D eigenvalue weighted by atomic mass is 127. The van der Waals surface area contributed by atoms with Gasteiger partial charge in [0.25, 0.3) is 0 Å². The number of likely N-dealkylation sites (tertiary alicyclic amines) is 1. The summed E-state index contributed by atoms with van der Waals surface area (Å²) in [5.41, 5.74) is 0. The molecule has 1 heterocycles. The maximum atomic E-state index is 9.37. The summed E-state index contributed by atoms with van der Waals surface area (Å²) in [6.07, 6.45) is 8.86. The summed E-state index contributed by atoms with van der Waals surface area (Å²) in [4.78, 5) is 2.51. The fourth-order valence-corrected chi connectivity index (χ4v) is 2.64. The third kappa shape index (κ3) is 6.74. The van der Waals surface area contributed by atoms with Gasteiger partial charge >= 0.3 is 0 Å². The number of unbranched alkanes of at least 4 members (excludes halogenated alkanes) is 4. The normalized spacial score (nSPS) is 19.6. The zero-order chi connectivity index (χ0) is 10.9. The van der Waals surface area contributed by atoms with Crippen LogP contribution in [0.2, 0.25) is 0 Å². The van der Waals surface area contributed by atoms with Gasteiger partial charge in [0.2, 0.25) is 0 Å². The van der Waals surface area contributed by atoms with E-state index in [1.165, 1.54) is 43.1 Å². The van der Waals surface area contributed by atoms with Crippen molar-refractivity contribution in [3.05, 3.63) is 0 Å². The van der Waals surface area contributed by atoms with Crippen molar-refractivity contribution in [3.63, 3.8) is 0 Å². The van der Waals surface area contributed by atoms with Crippen molar-refractivity contribution >= 4 is 22.6 Å². The average Bonchev–Trinajstić information content (AvgIpc) is 2.26. The molecule has 0 aromatic rings. The molecule has 1 aliphatic heterocycles. The Morgan fingerprint density at radius 1 is 1.00 bits per heavy atom. The minimum absolute atomic E-state index is 0.0232. The lowest BCUT2D eigenvalue weighted by atomic mass is 10.1. The zero-order valence-electron chi connectivity index (χ0n) is 9.63. The van der Waals surface area contributed by atoms with Gasteiger partial charge in [-0.05, 0) is 36.7 Å². The number of halogens is 1. The van der Waals surface area contributed by atoms with Gasteiger partial charge in [0.1, 0.15) is 0 Å². The summed E-state index contributed by atoms with van der Waals surface area (Å²) in [5.74, 6) is 0. The number of hydrogen-bond donors (Lipinski definition) is 1. The molecule has 1 aliphatic rings. The van der Waals surface area contributed by atoms with Gasteiger partial charge in [0.05, 0.1) is 6.10 Å². The molecule has 1 fully saturated rings. The summed E-state index contributed by atoms with van der Waals surface area (Å²) >= 11 is 2.45. The van der Waals surface area contributed by atoms with E-state index in [1.807, 2.05) is 0 Å². The van der Waals surface area contributed by atoms with Gasteiger partial charge in [0.15, 0.2) is 0 Å². The van der Waals surface area contributed by atoms with Crippen molar-refractivity contribution in [1.82, 2.24) is 4.90 Å². The molecule has 0 saturated carbocycles. The molecule has 0 aromatic heterocycles. The van der Waals surface area contributed by atoms with Crippen LogP contribution in [-0.2, 0) is 0 Å². The van der Waals surface area contributed by atoms with E-state index in [1.54, 1.807) is 0 Å². The van der Waals surface area contributed by atoms with Crippen molar-refractivity contribution in [1.29, 1.82) is 0 Å². The molecule has 0 bridgehead atoms. The Morgan fingerprint density at radius 2 is 1.60 bits per heavy atom. The van der Waals surface area contributed by atoms with Gasteiger partial charge in [-0.3, -0.25) is 0 Å². The largest absolute Gasteiger partial charge is 0.393 e. The predicted molar refractivity (Wildman–Crippen MR) is 73.7 cm³/mol. The second kappa shape index (κ2) is 8.76. The summed E-state index contributed by atoms with van der Waals surface area (Å²) in [5, 5.41) is 9.37. The second-order valence-electron chi connectivity index (χ2n) is 4.53. The maximum Gasteiger partial charge on any atom is 0.0564 e.